The van der Waals surface area contributed by atoms with Crippen LogP contribution in [0.2, 0.25) is 0 Å². The zero-order chi connectivity index (χ0) is 23.4. The number of H-pyrrole nitrogens is 1. The van der Waals surface area contributed by atoms with Crippen LogP contribution in [0, 0.1) is 11.6 Å². The van der Waals surface area contributed by atoms with Gasteiger partial charge in [0.25, 0.3) is 5.91 Å². The standard InChI is InChI=1S/C19H21F5N4O2S/c1-18(2,3)13-8-14(28-27-13)25-16(30)17(31-9-19(22,23)24)26-15(29)6-10-4-11(20)7-12(21)5-10/h4-5,7-8,17H,6,9H2,1-3H3,(H,26,29)(H2,25,27,28,30). The van der Waals surface area contributed by atoms with Crippen molar-refractivity contribution < 1.29 is 31.5 Å². The second-order valence-electron chi connectivity index (χ2n) is 7.73. The number of nitrogens with zero attached hydrogens (tertiary/aromatic N) is 1. The van der Waals surface area contributed by atoms with Crippen LogP contribution in [-0.4, -0.2) is 39.3 Å². The molecule has 1 atom stereocenters. The number of aromatic amines is 1. The van der Waals surface area contributed by atoms with E-state index in [1.807, 2.05) is 20.8 Å². The number of nitrogens with one attached hydrogen (secondary N) is 3. The summed E-state index contributed by atoms with van der Waals surface area (Å²) in [5.41, 5.74) is 0.246. The average Bonchev–Trinajstić information content (AvgIpc) is 3.05. The van der Waals surface area contributed by atoms with Crippen molar-refractivity contribution in [3.63, 3.8) is 0 Å². The molecule has 12 heteroatoms. The van der Waals surface area contributed by atoms with E-state index in [-0.39, 0.29) is 28.6 Å². The van der Waals surface area contributed by atoms with Gasteiger partial charge in [0.05, 0.1) is 17.9 Å². The molecule has 1 aromatic carbocycles. The van der Waals surface area contributed by atoms with Crippen molar-refractivity contribution in [1.82, 2.24) is 15.5 Å². The molecule has 170 valence electrons. The fraction of sp³-hybridized carbons (Fsp3) is 0.421. The summed E-state index contributed by atoms with van der Waals surface area (Å²) in [4.78, 5) is 24.7. The molecular weight excluding hydrogens is 443 g/mol. The fourth-order valence-corrected chi connectivity index (χ4v) is 3.21. The van der Waals surface area contributed by atoms with Gasteiger partial charge in [-0.3, -0.25) is 14.7 Å². The van der Waals surface area contributed by atoms with Crippen molar-refractivity contribution in [2.75, 3.05) is 11.1 Å². The SMILES string of the molecule is CC(C)(C)c1cc(NC(=O)C(NC(=O)Cc2cc(F)cc(F)c2)SCC(F)(F)F)[nH]n1. The lowest BCUT2D eigenvalue weighted by Crippen LogP contribution is -2.43. The summed E-state index contributed by atoms with van der Waals surface area (Å²) in [5, 5.41) is 9.54. The number of anilines is 1. The number of amides is 2. The summed E-state index contributed by atoms with van der Waals surface area (Å²) < 4.78 is 64.5. The summed E-state index contributed by atoms with van der Waals surface area (Å²) in [5.74, 6) is -4.85. The van der Waals surface area contributed by atoms with Crippen molar-refractivity contribution in [1.29, 1.82) is 0 Å². The predicted octanol–water partition coefficient (Wildman–Crippen LogP) is 3.90. The Morgan fingerprint density at radius 1 is 1.10 bits per heavy atom. The van der Waals surface area contributed by atoms with E-state index in [9.17, 15) is 31.5 Å². The predicted molar refractivity (Wildman–Crippen MR) is 106 cm³/mol. The van der Waals surface area contributed by atoms with Gasteiger partial charge in [0.2, 0.25) is 5.91 Å². The molecule has 0 radical (unpaired) electrons. The van der Waals surface area contributed by atoms with Gasteiger partial charge in [-0.25, -0.2) is 8.78 Å². The van der Waals surface area contributed by atoms with Gasteiger partial charge in [0.1, 0.15) is 17.5 Å². The zero-order valence-corrected chi connectivity index (χ0v) is 17.7. The number of carbonyl (C=O) groups excluding carboxylic acids is 2. The highest BCUT2D eigenvalue weighted by Gasteiger charge is 2.32. The topological polar surface area (TPSA) is 86.9 Å². The number of carbonyl (C=O) groups is 2. The molecule has 0 saturated carbocycles. The van der Waals surface area contributed by atoms with Crippen LogP contribution in [0.15, 0.2) is 24.3 Å². The first-order valence-corrected chi connectivity index (χ1v) is 10.1. The lowest BCUT2D eigenvalue weighted by molar-refractivity contribution is -0.124. The van der Waals surface area contributed by atoms with Gasteiger partial charge >= 0.3 is 6.18 Å². The van der Waals surface area contributed by atoms with Crippen molar-refractivity contribution in [3.8, 4) is 0 Å². The van der Waals surface area contributed by atoms with E-state index in [4.69, 9.17) is 0 Å². The van der Waals surface area contributed by atoms with E-state index in [0.717, 1.165) is 12.1 Å². The molecule has 31 heavy (non-hydrogen) atoms. The van der Waals surface area contributed by atoms with Crippen LogP contribution in [0.4, 0.5) is 27.8 Å². The highest BCUT2D eigenvalue weighted by atomic mass is 32.2. The molecule has 6 nitrogen and oxygen atoms in total. The summed E-state index contributed by atoms with van der Waals surface area (Å²) in [6, 6.07) is 3.98. The molecule has 0 bridgehead atoms. The Morgan fingerprint density at radius 3 is 2.23 bits per heavy atom. The molecule has 2 rings (SSSR count). The molecule has 0 aliphatic heterocycles. The van der Waals surface area contributed by atoms with E-state index < -0.39 is 47.2 Å². The number of halogens is 5. The lowest BCUT2D eigenvalue weighted by atomic mass is 9.92. The molecule has 0 spiro atoms. The van der Waals surface area contributed by atoms with Crippen LogP contribution in [0.25, 0.3) is 0 Å². The molecular formula is C19H21F5N4O2S. The van der Waals surface area contributed by atoms with Crippen LogP contribution in [-0.2, 0) is 21.4 Å². The molecule has 2 aromatic rings. The summed E-state index contributed by atoms with van der Waals surface area (Å²) >= 11 is 0.162. The van der Waals surface area contributed by atoms with Gasteiger partial charge < -0.3 is 10.6 Å². The molecule has 2 amide bonds. The van der Waals surface area contributed by atoms with Crippen LogP contribution in [0.3, 0.4) is 0 Å². The summed E-state index contributed by atoms with van der Waals surface area (Å²) in [6.45, 7) is 5.64. The Balaban J connectivity index is 2.10. The number of hydrogen-bond acceptors (Lipinski definition) is 4. The molecule has 1 heterocycles. The maximum Gasteiger partial charge on any atom is 0.397 e. The van der Waals surface area contributed by atoms with E-state index in [1.165, 1.54) is 6.07 Å². The Morgan fingerprint density at radius 2 is 1.71 bits per heavy atom. The largest absolute Gasteiger partial charge is 0.397 e. The second-order valence-corrected chi connectivity index (χ2v) is 8.83. The highest BCUT2D eigenvalue weighted by molar-refractivity contribution is 8.00. The molecule has 1 unspecified atom stereocenters. The highest BCUT2D eigenvalue weighted by Crippen LogP contribution is 2.25. The molecule has 0 aliphatic rings. The van der Waals surface area contributed by atoms with Crippen LogP contribution in [0.5, 0.6) is 0 Å². The van der Waals surface area contributed by atoms with Crippen LogP contribution >= 0.6 is 11.8 Å². The Kier molecular flexibility index (Phi) is 7.68. The Hall–Kier alpha value is -2.63. The lowest BCUT2D eigenvalue weighted by Gasteiger charge is -2.18. The van der Waals surface area contributed by atoms with E-state index >= 15 is 0 Å². The van der Waals surface area contributed by atoms with Gasteiger partial charge in [0, 0.05) is 17.5 Å². The minimum Gasteiger partial charge on any atom is -0.336 e. The first kappa shape index (κ1) is 24.6. The average molecular weight is 464 g/mol. The molecule has 1 aromatic heterocycles. The van der Waals surface area contributed by atoms with Crippen molar-refractivity contribution in [2.45, 2.75) is 44.2 Å². The first-order valence-electron chi connectivity index (χ1n) is 9.02. The number of rotatable bonds is 7. The third-order valence-corrected chi connectivity index (χ3v) is 4.99. The number of hydrogen-bond donors (Lipinski definition) is 3. The van der Waals surface area contributed by atoms with Gasteiger partial charge in [-0.2, -0.15) is 18.3 Å². The zero-order valence-electron chi connectivity index (χ0n) is 16.9. The Bertz CT molecular complexity index is 920. The molecule has 0 aliphatic carbocycles. The van der Waals surface area contributed by atoms with Crippen molar-refractivity contribution >= 4 is 29.4 Å². The number of benzene rings is 1. The van der Waals surface area contributed by atoms with E-state index in [2.05, 4.69) is 20.8 Å². The van der Waals surface area contributed by atoms with Crippen molar-refractivity contribution in [3.05, 3.63) is 47.2 Å². The monoisotopic (exact) mass is 464 g/mol. The minimum absolute atomic E-state index is 0.0293. The van der Waals surface area contributed by atoms with Crippen molar-refractivity contribution in [2.24, 2.45) is 0 Å². The Labute approximate surface area is 179 Å². The smallest absolute Gasteiger partial charge is 0.336 e. The minimum atomic E-state index is -4.58. The quantitative estimate of drug-likeness (QED) is 0.429. The number of thioether (sulfide) groups is 1. The maximum atomic E-state index is 13.3. The maximum absolute atomic E-state index is 13.3. The third-order valence-electron chi connectivity index (χ3n) is 3.84. The van der Waals surface area contributed by atoms with Gasteiger partial charge in [-0.15, -0.1) is 11.8 Å². The van der Waals surface area contributed by atoms with Gasteiger partial charge in [-0.05, 0) is 17.7 Å². The van der Waals surface area contributed by atoms with Gasteiger partial charge in [0.15, 0.2) is 5.37 Å². The second kappa shape index (κ2) is 9.67. The van der Waals surface area contributed by atoms with Crippen LogP contribution < -0.4 is 10.6 Å². The van der Waals surface area contributed by atoms with Crippen LogP contribution in [0.1, 0.15) is 32.0 Å². The summed E-state index contributed by atoms with van der Waals surface area (Å²) in [7, 11) is 0. The normalized spacial score (nSPS) is 13.0. The molecule has 3 N–H and O–H groups in total. The third kappa shape index (κ3) is 8.19. The molecule has 0 saturated heterocycles. The van der Waals surface area contributed by atoms with Gasteiger partial charge in [-0.1, -0.05) is 20.8 Å². The number of alkyl halides is 3. The molecule has 0 fully saturated rings. The first-order chi connectivity index (χ1) is 14.2. The van der Waals surface area contributed by atoms with E-state index in [1.54, 1.807) is 0 Å². The fourth-order valence-electron chi connectivity index (χ4n) is 2.42. The summed E-state index contributed by atoms with van der Waals surface area (Å²) in [6.07, 6.45) is -5.10. The number of aromatic nitrogens is 2. The van der Waals surface area contributed by atoms with E-state index in [0.29, 0.717) is 11.8 Å².